The second kappa shape index (κ2) is 10.5. The average Bonchev–Trinajstić information content (AvgIpc) is 2.69. The molecule has 1 aromatic rings. The highest BCUT2D eigenvalue weighted by Crippen LogP contribution is 2.36. The number of nitrogens with one attached hydrogen (secondary N) is 1. The summed E-state index contributed by atoms with van der Waals surface area (Å²) in [5, 5.41) is 13.9. The number of benzene rings is 1. The van der Waals surface area contributed by atoms with Crippen molar-refractivity contribution in [1.82, 2.24) is 15.1 Å². The fourth-order valence-corrected chi connectivity index (χ4v) is 4.22. The summed E-state index contributed by atoms with van der Waals surface area (Å²) in [4.78, 5) is 29.1. The largest absolute Gasteiger partial charge is 0.535 e. The zero-order valence-electron chi connectivity index (χ0n) is 18.4. The van der Waals surface area contributed by atoms with Crippen molar-refractivity contribution in [2.45, 2.75) is 45.5 Å². The number of carbonyl (C=O) groups is 2. The highest BCUT2D eigenvalue weighted by Gasteiger charge is 2.37. The van der Waals surface area contributed by atoms with Gasteiger partial charge in [0.25, 0.3) is 0 Å². The molecule has 1 atom stereocenters. The lowest BCUT2D eigenvalue weighted by molar-refractivity contribution is -0.120. The van der Waals surface area contributed by atoms with E-state index in [2.05, 4.69) is 29.0 Å². The van der Waals surface area contributed by atoms with Crippen molar-refractivity contribution in [3.05, 3.63) is 29.3 Å². The molecule has 1 fully saturated rings. The molecule has 2 aliphatic rings. The first-order chi connectivity index (χ1) is 14.3. The van der Waals surface area contributed by atoms with Crippen LogP contribution in [0, 0.1) is 0 Å². The highest BCUT2D eigenvalue weighted by molar-refractivity contribution is 6.47. The first-order valence-electron chi connectivity index (χ1n) is 11.0. The summed E-state index contributed by atoms with van der Waals surface area (Å²) in [6, 6.07) is 5.94. The smallest absolute Gasteiger partial charge is 0.526 e. The Hall–Kier alpha value is -1.74. The van der Waals surface area contributed by atoms with E-state index in [1.165, 1.54) is 6.92 Å². The van der Waals surface area contributed by atoms with Crippen LogP contribution in [0.15, 0.2) is 18.2 Å². The van der Waals surface area contributed by atoms with E-state index < -0.39 is 7.12 Å². The van der Waals surface area contributed by atoms with Crippen molar-refractivity contribution in [3.8, 4) is 5.75 Å². The van der Waals surface area contributed by atoms with Crippen LogP contribution in [0.1, 0.15) is 43.1 Å². The Bertz CT molecular complexity index is 750. The maximum Gasteiger partial charge on any atom is 0.526 e. The zero-order valence-corrected chi connectivity index (χ0v) is 18.4. The Morgan fingerprint density at radius 2 is 1.93 bits per heavy atom. The number of hydrogen-bond donors (Lipinski definition) is 2. The van der Waals surface area contributed by atoms with Gasteiger partial charge in [-0.05, 0) is 25.0 Å². The first kappa shape index (κ1) is 22.9. The maximum atomic E-state index is 12.7. The van der Waals surface area contributed by atoms with Crippen LogP contribution in [-0.2, 0) is 11.2 Å². The van der Waals surface area contributed by atoms with Gasteiger partial charge in [0.1, 0.15) is 11.5 Å². The van der Waals surface area contributed by atoms with Crippen molar-refractivity contribution in [1.29, 1.82) is 0 Å². The maximum absolute atomic E-state index is 12.7. The molecule has 164 valence electrons. The van der Waals surface area contributed by atoms with Gasteiger partial charge in [0.15, 0.2) is 5.78 Å². The van der Waals surface area contributed by atoms with E-state index in [4.69, 9.17) is 4.65 Å². The number of Topliss-reactive ketones (excluding diaryl/α,β-unsaturated/α-hetero) is 2. The van der Waals surface area contributed by atoms with Crippen LogP contribution in [-0.4, -0.2) is 85.4 Å². The Morgan fingerprint density at radius 1 is 1.23 bits per heavy atom. The molecule has 0 aromatic heterocycles. The molecule has 2 aliphatic heterocycles. The fourth-order valence-electron chi connectivity index (χ4n) is 4.22. The summed E-state index contributed by atoms with van der Waals surface area (Å²) in [5.74, 6) is 0.219. The normalized spacial score (nSPS) is 20.2. The Labute approximate surface area is 179 Å². The van der Waals surface area contributed by atoms with E-state index in [-0.39, 0.29) is 23.8 Å². The molecule has 1 aromatic carbocycles. The second-order valence-corrected chi connectivity index (χ2v) is 8.79. The molecule has 0 spiro atoms. The Balaban J connectivity index is 1.46. The van der Waals surface area contributed by atoms with Crippen LogP contribution in [0.4, 0.5) is 0 Å². The molecular formula is C22H34BN3O4. The molecule has 30 heavy (non-hydrogen) atoms. The van der Waals surface area contributed by atoms with E-state index in [1.807, 2.05) is 12.1 Å². The van der Waals surface area contributed by atoms with Crippen LogP contribution in [0.5, 0.6) is 5.75 Å². The summed E-state index contributed by atoms with van der Waals surface area (Å²) in [5.41, 5.74) is 1.37. The van der Waals surface area contributed by atoms with Gasteiger partial charge in [0.2, 0.25) is 0 Å². The van der Waals surface area contributed by atoms with Crippen LogP contribution in [0.2, 0.25) is 5.82 Å². The topological polar surface area (TPSA) is 82.1 Å². The number of para-hydroxylation sites is 1. The first-order valence-corrected chi connectivity index (χ1v) is 11.0. The van der Waals surface area contributed by atoms with E-state index in [1.54, 1.807) is 6.07 Å². The van der Waals surface area contributed by atoms with Crippen LogP contribution >= 0.6 is 0 Å². The van der Waals surface area contributed by atoms with Gasteiger partial charge in [-0.3, -0.25) is 19.4 Å². The van der Waals surface area contributed by atoms with Gasteiger partial charge >= 0.3 is 7.12 Å². The SMILES string of the molecule is CC(=O)c1cccc2c1OB(O)[C@@H](CC(=O)CN1CCN(CCNC(C)C)CC1)C2. The van der Waals surface area contributed by atoms with Crippen molar-refractivity contribution in [2.75, 3.05) is 45.8 Å². The molecule has 0 bridgehead atoms. The van der Waals surface area contributed by atoms with Crippen molar-refractivity contribution < 1.29 is 19.3 Å². The molecule has 2 heterocycles. The zero-order chi connectivity index (χ0) is 21.7. The van der Waals surface area contributed by atoms with Gasteiger partial charge in [-0.25, -0.2) is 0 Å². The summed E-state index contributed by atoms with van der Waals surface area (Å²) in [6.07, 6.45) is 0.823. The Kier molecular flexibility index (Phi) is 8.05. The summed E-state index contributed by atoms with van der Waals surface area (Å²) in [6.45, 7) is 12.0. The molecule has 0 amide bonds. The fraction of sp³-hybridized carbons (Fsp3) is 0.636. The van der Waals surface area contributed by atoms with E-state index in [9.17, 15) is 14.6 Å². The lowest BCUT2D eigenvalue weighted by Gasteiger charge is -2.35. The molecule has 0 aliphatic carbocycles. The van der Waals surface area contributed by atoms with E-state index in [0.717, 1.165) is 44.8 Å². The lowest BCUT2D eigenvalue weighted by Crippen LogP contribution is -2.49. The standard InChI is InChI=1S/C22H34BN3O4/c1-16(2)24-7-8-25-9-11-26(12-10-25)15-20(28)14-19-13-18-5-4-6-21(17(3)27)22(18)30-23(19)29/h4-6,16,19,24,29H,7-15H2,1-3H3/t19-/m1/s1. The number of fused-ring (bicyclic) bond motifs is 1. The van der Waals surface area contributed by atoms with Crippen LogP contribution in [0.3, 0.4) is 0 Å². The predicted molar refractivity (Wildman–Crippen MR) is 118 cm³/mol. The van der Waals surface area contributed by atoms with Gasteiger partial charge < -0.3 is 15.0 Å². The number of nitrogens with zero attached hydrogens (tertiary/aromatic N) is 2. The van der Waals surface area contributed by atoms with Crippen molar-refractivity contribution in [2.24, 2.45) is 0 Å². The monoisotopic (exact) mass is 415 g/mol. The molecule has 0 saturated carbocycles. The Morgan fingerprint density at radius 3 is 2.60 bits per heavy atom. The number of ketones is 2. The van der Waals surface area contributed by atoms with Crippen molar-refractivity contribution in [3.63, 3.8) is 0 Å². The minimum Gasteiger partial charge on any atom is -0.535 e. The highest BCUT2D eigenvalue weighted by atomic mass is 16.5. The van der Waals surface area contributed by atoms with E-state index in [0.29, 0.717) is 30.3 Å². The molecule has 0 radical (unpaired) electrons. The predicted octanol–water partition coefficient (Wildman–Crippen LogP) is 1.25. The summed E-state index contributed by atoms with van der Waals surface area (Å²) >= 11 is 0. The number of hydrogen-bond acceptors (Lipinski definition) is 7. The molecule has 7 nitrogen and oxygen atoms in total. The number of carbonyl (C=O) groups excluding carboxylic acids is 2. The molecule has 8 heteroatoms. The molecule has 0 unspecified atom stereocenters. The van der Waals surface area contributed by atoms with E-state index >= 15 is 0 Å². The third kappa shape index (κ3) is 6.14. The minimum absolute atomic E-state index is 0.0901. The van der Waals surface area contributed by atoms with Crippen LogP contribution in [0.25, 0.3) is 0 Å². The van der Waals surface area contributed by atoms with Crippen LogP contribution < -0.4 is 9.97 Å². The van der Waals surface area contributed by atoms with Gasteiger partial charge in [-0.15, -0.1) is 0 Å². The third-order valence-electron chi connectivity index (χ3n) is 5.94. The minimum atomic E-state index is -1.06. The quantitative estimate of drug-likeness (QED) is 0.464. The third-order valence-corrected chi connectivity index (χ3v) is 5.94. The summed E-state index contributed by atoms with van der Waals surface area (Å²) in [7, 11) is -1.06. The molecule has 2 N–H and O–H groups in total. The van der Waals surface area contributed by atoms with Gasteiger partial charge in [0.05, 0.1) is 12.1 Å². The molecule has 3 rings (SSSR count). The number of piperazine rings is 1. The van der Waals surface area contributed by atoms with Gasteiger partial charge in [0, 0.05) is 57.5 Å². The summed E-state index contributed by atoms with van der Waals surface area (Å²) < 4.78 is 5.65. The van der Waals surface area contributed by atoms with Gasteiger partial charge in [-0.1, -0.05) is 26.0 Å². The van der Waals surface area contributed by atoms with Crippen molar-refractivity contribution >= 4 is 18.7 Å². The average molecular weight is 415 g/mol. The molecular weight excluding hydrogens is 381 g/mol. The van der Waals surface area contributed by atoms with Gasteiger partial charge in [-0.2, -0.15) is 0 Å². The number of rotatable bonds is 9. The lowest BCUT2D eigenvalue weighted by atomic mass is 9.64. The second-order valence-electron chi connectivity index (χ2n) is 8.79. The molecule has 1 saturated heterocycles.